The van der Waals surface area contributed by atoms with Crippen LogP contribution >= 0.6 is 11.3 Å². The molecule has 0 spiro atoms. The maximum atomic E-state index is 13.8. The lowest BCUT2D eigenvalue weighted by molar-refractivity contribution is -0.139. The third kappa shape index (κ3) is 5.26. The number of hydrogen-bond donors (Lipinski definition) is 0. The van der Waals surface area contributed by atoms with Gasteiger partial charge in [0, 0.05) is 26.7 Å². The van der Waals surface area contributed by atoms with E-state index in [-0.39, 0.29) is 23.5 Å². The molecule has 0 fully saturated rings. The van der Waals surface area contributed by atoms with Gasteiger partial charge in [0.2, 0.25) is 0 Å². The highest BCUT2D eigenvalue weighted by molar-refractivity contribution is 7.07. The summed E-state index contributed by atoms with van der Waals surface area (Å²) in [5.41, 5.74) is 2.92. The third-order valence-corrected chi connectivity index (χ3v) is 6.96. The van der Waals surface area contributed by atoms with Crippen LogP contribution < -0.4 is 29.3 Å². The van der Waals surface area contributed by atoms with Crippen LogP contribution in [0.4, 0.5) is 5.69 Å². The number of rotatable bonds is 7. The fourth-order valence-electron chi connectivity index (χ4n) is 4.22. The van der Waals surface area contributed by atoms with Crippen molar-refractivity contribution < 1.29 is 23.8 Å². The largest absolute Gasteiger partial charge is 0.493 e. The Kier molecular flexibility index (Phi) is 7.82. The Morgan fingerprint density at radius 3 is 2.45 bits per heavy atom. The van der Waals surface area contributed by atoms with Crippen molar-refractivity contribution in [3.8, 4) is 11.5 Å². The van der Waals surface area contributed by atoms with Crippen LogP contribution in [0.2, 0.25) is 0 Å². The summed E-state index contributed by atoms with van der Waals surface area (Å²) in [5.74, 6) is -0.532. The van der Waals surface area contributed by atoms with E-state index in [1.165, 1.54) is 29.9 Å². The van der Waals surface area contributed by atoms with Crippen LogP contribution in [0.1, 0.15) is 37.9 Å². The number of hydrogen-bond acceptors (Lipinski definition) is 9. The number of benzene rings is 2. The van der Waals surface area contributed by atoms with Crippen molar-refractivity contribution >= 4 is 35.0 Å². The first-order chi connectivity index (χ1) is 18.1. The highest BCUT2D eigenvalue weighted by Gasteiger charge is 2.34. The number of methoxy groups -OCH3 is 1. The summed E-state index contributed by atoms with van der Waals surface area (Å²) in [6.45, 7) is 4.91. The predicted octanol–water partition coefficient (Wildman–Crippen LogP) is 2.80. The number of carbonyl (C=O) groups excluding carboxylic acids is 2. The molecule has 0 amide bonds. The Morgan fingerprint density at radius 1 is 1.13 bits per heavy atom. The third-order valence-electron chi connectivity index (χ3n) is 5.98. The number of aromatic nitrogens is 1. The van der Waals surface area contributed by atoms with E-state index in [0.717, 1.165) is 11.3 Å². The summed E-state index contributed by atoms with van der Waals surface area (Å²) >= 11 is 1.25. The number of thiazole rings is 1. The summed E-state index contributed by atoms with van der Waals surface area (Å²) in [7, 11) is 5.38. The van der Waals surface area contributed by atoms with Crippen LogP contribution in [0.15, 0.2) is 63.5 Å². The number of ether oxygens (including phenoxy) is 3. The molecule has 0 saturated carbocycles. The van der Waals surface area contributed by atoms with Gasteiger partial charge in [0.15, 0.2) is 16.3 Å². The second-order valence-electron chi connectivity index (χ2n) is 8.79. The molecular weight excluding hydrogens is 506 g/mol. The molecule has 0 unspecified atom stereocenters. The van der Waals surface area contributed by atoms with Crippen molar-refractivity contribution in [2.24, 2.45) is 4.99 Å². The standard InChI is InChI=1S/C28H29N3O6S/c1-7-36-27(34)24-16(2)29-28-31(25(24)19-10-13-21(37-17(3)32)22(15-19)35-6)26(33)23(38-28)14-18-8-11-20(12-9-18)30(4)5/h8-15,25H,7H2,1-6H3/b23-14-/t25-/m1/s1. The van der Waals surface area contributed by atoms with E-state index in [0.29, 0.717) is 26.3 Å². The molecule has 0 N–H and O–H groups in total. The number of fused-ring (bicyclic) bond motifs is 1. The normalized spacial score (nSPS) is 15.0. The first-order valence-corrected chi connectivity index (χ1v) is 12.8. The minimum absolute atomic E-state index is 0.171. The molecule has 3 aromatic rings. The SMILES string of the molecule is CCOC(=O)C1=C(C)N=c2s/c(=C\c3ccc(N(C)C)cc3)c(=O)n2[C@@H]1c1ccc(OC(C)=O)c(OC)c1. The number of anilines is 1. The van der Waals surface area contributed by atoms with E-state index < -0.39 is 18.0 Å². The van der Waals surface area contributed by atoms with Gasteiger partial charge in [-0.25, -0.2) is 9.79 Å². The molecule has 1 atom stereocenters. The second-order valence-corrected chi connectivity index (χ2v) is 9.80. The molecule has 2 aromatic carbocycles. The van der Waals surface area contributed by atoms with E-state index in [2.05, 4.69) is 4.99 Å². The molecule has 9 nitrogen and oxygen atoms in total. The molecule has 1 aliphatic heterocycles. The molecule has 10 heteroatoms. The molecule has 198 valence electrons. The Bertz CT molecular complexity index is 1600. The lowest BCUT2D eigenvalue weighted by Crippen LogP contribution is -2.40. The molecule has 0 aliphatic carbocycles. The zero-order valence-corrected chi connectivity index (χ0v) is 22.9. The fraction of sp³-hybridized carbons (Fsp3) is 0.286. The zero-order valence-electron chi connectivity index (χ0n) is 22.1. The summed E-state index contributed by atoms with van der Waals surface area (Å²) in [6.07, 6.45) is 1.81. The second kappa shape index (κ2) is 11.1. The Morgan fingerprint density at radius 2 is 1.84 bits per heavy atom. The topological polar surface area (TPSA) is 99.4 Å². The zero-order chi connectivity index (χ0) is 27.6. The summed E-state index contributed by atoms with van der Waals surface area (Å²) in [6, 6.07) is 12.0. The minimum atomic E-state index is -0.816. The Balaban J connectivity index is 1.91. The lowest BCUT2D eigenvalue weighted by Gasteiger charge is -2.25. The average molecular weight is 536 g/mol. The van der Waals surface area contributed by atoms with Gasteiger partial charge in [-0.1, -0.05) is 29.5 Å². The quantitative estimate of drug-likeness (QED) is 0.339. The molecule has 4 rings (SSSR count). The number of carbonyl (C=O) groups is 2. The van der Waals surface area contributed by atoms with Crippen LogP contribution in [0, 0.1) is 0 Å². The minimum Gasteiger partial charge on any atom is -0.493 e. The van der Waals surface area contributed by atoms with Gasteiger partial charge in [-0.15, -0.1) is 0 Å². The van der Waals surface area contributed by atoms with Crippen LogP contribution in [-0.4, -0.2) is 44.3 Å². The maximum absolute atomic E-state index is 13.8. The van der Waals surface area contributed by atoms with Gasteiger partial charge in [-0.05, 0) is 55.3 Å². The van der Waals surface area contributed by atoms with E-state index >= 15 is 0 Å². The van der Waals surface area contributed by atoms with Crippen LogP contribution in [0.5, 0.6) is 11.5 Å². The number of allylic oxidation sites excluding steroid dienone is 1. The van der Waals surface area contributed by atoms with Crippen LogP contribution in [-0.2, 0) is 14.3 Å². The molecule has 1 aromatic heterocycles. The summed E-state index contributed by atoms with van der Waals surface area (Å²) in [5, 5.41) is 0. The van der Waals surface area contributed by atoms with E-state index in [1.807, 2.05) is 49.3 Å². The Labute approximate surface area is 223 Å². The molecule has 0 saturated heterocycles. The average Bonchev–Trinajstić information content (AvgIpc) is 3.17. The first kappa shape index (κ1) is 26.9. The summed E-state index contributed by atoms with van der Waals surface area (Å²) in [4.78, 5) is 45.5. The van der Waals surface area contributed by atoms with Crippen molar-refractivity contribution in [1.82, 2.24) is 4.57 Å². The molecule has 38 heavy (non-hydrogen) atoms. The van der Waals surface area contributed by atoms with Crippen molar-refractivity contribution in [3.63, 3.8) is 0 Å². The smallest absolute Gasteiger partial charge is 0.338 e. The van der Waals surface area contributed by atoms with Crippen molar-refractivity contribution in [2.45, 2.75) is 26.8 Å². The number of esters is 2. The van der Waals surface area contributed by atoms with E-state index in [4.69, 9.17) is 14.2 Å². The van der Waals surface area contributed by atoms with Crippen LogP contribution in [0.3, 0.4) is 0 Å². The fourth-order valence-corrected chi connectivity index (χ4v) is 5.27. The monoisotopic (exact) mass is 535 g/mol. The number of nitrogens with zero attached hydrogens (tertiary/aromatic N) is 3. The molecule has 0 bridgehead atoms. The lowest BCUT2D eigenvalue weighted by atomic mass is 9.95. The van der Waals surface area contributed by atoms with Crippen LogP contribution in [0.25, 0.3) is 6.08 Å². The van der Waals surface area contributed by atoms with Crippen molar-refractivity contribution in [3.05, 3.63) is 84.5 Å². The van der Waals surface area contributed by atoms with Gasteiger partial charge in [-0.3, -0.25) is 14.2 Å². The van der Waals surface area contributed by atoms with Gasteiger partial charge >= 0.3 is 11.9 Å². The first-order valence-electron chi connectivity index (χ1n) is 12.0. The van der Waals surface area contributed by atoms with Gasteiger partial charge in [-0.2, -0.15) is 0 Å². The van der Waals surface area contributed by atoms with Gasteiger partial charge in [0.1, 0.15) is 0 Å². The summed E-state index contributed by atoms with van der Waals surface area (Å²) < 4.78 is 18.0. The maximum Gasteiger partial charge on any atom is 0.338 e. The molecule has 1 aliphatic rings. The molecule has 0 radical (unpaired) electrons. The highest BCUT2D eigenvalue weighted by Crippen LogP contribution is 2.36. The van der Waals surface area contributed by atoms with Crippen molar-refractivity contribution in [1.29, 1.82) is 0 Å². The van der Waals surface area contributed by atoms with E-state index in [9.17, 15) is 14.4 Å². The van der Waals surface area contributed by atoms with Gasteiger partial charge in [0.05, 0.1) is 35.6 Å². The molecular formula is C28H29N3O6S. The van der Waals surface area contributed by atoms with E-state index in [1.54, 1.807) is 32.0 Å². The predicted molar refractivity (Wildman–Crippen MR) is 145 cm³/mol. The van der Waals surface area contributed by atoms with Gasteiger partial charge < -0.3 is 19.1 Å². The van der Waals surface area contributed by atoms with Crippen molar-refractivity contribution in [2.75, 3.05) is 32.7 Å². The molecule has 2 heterocycles. The highest BCUT2D eigenvalue weighted by atomic mass is 32.1. The Hall–Kier alpha value is -4.18. The van der Waals surface area contributed by atoms with Gasteiger partial charge in [0.25, 0.3) is 5.56 Å².